The zero-order valence-corrected chi connectivity index (χ0v) is 12.8. The van der Waals surface area contributed by atoms with Crippen LogP contribution >= 0.6 is 0 Å². The smallest absolute Gasteiger partial charge is 0.255 e. The lowest BCUT2D eigenvalue weighted by atomic mass is 10.2. The Balaban J connectivity index is 1.61. The van der Waals surface area contributed by atoms with E-state index in [1.807, 2.05) is 36.7 Å². The van der Waals surface area contributed by atoms with E-state index in [1.165, 1.54) is 0 Å². The third-order valence-electron chi connectivity index (χ3n) is 4.00. The van der Waals surface area contributed by atoms with Gasteiger partial charge in [0.1, 0.15) is 5.82 Å². The summed E-state index contributed by atoms with van der Waals surface area (Å²) in [4.78, 5) is 16.9. The molecule has 2 heterocycles. The van der Waals surface area contributed by atoms with E-state index in [9.17, 15) is 4.79 Å². The van der Waals surface area contributed by atoms with Crippen LogP contribution in [0.4, 0.5) is 5.69 Å². The third kappa shape index (κ3) is 2.28. The lowest BCUT2D eigenvalue weighted by molar-refractivity contribution is 0.102. The van der Waals surface area contributed by atoms with E-state index in [1.54, 1.807) is 18.2 Å². The predicted octanol–water partition coefficient (Wildman–Crippen LogP) is 2.86. The molecule has 0 aliphatic carbocycles. The topological polar surface area (TPSA) is 65.4 Å². The lowest BCUT2D eigenvalue weighted by Gasteiger charge is -2.06. The number of benzene rings is 2. The van der Waals surface area contributed by atoms with Gasteiger partial charge in [-0.15, -0.1) is 0 Å². The molecule has 0 radical (unpaired) electrons. The highest BCUT2D eigenvalue weighted by Crippen LogP contribution is 2.32. The van der Waals surface area contributed by atoms with Crippen LogP contribution in [0.2, 0.25) is 0 Å². The van der Waals surface area contributed by atoms with Crippen molar-refractivity contribution in [3.8, 4) is 11.5 Å². The van der Waals surface area contributed by atoms with Crippen LogP contribution in [0.25, 0.3) is 11.0 Å². The van der Waals surface area contributed by atoms with Crippen LogP contribution in [0.3, 0.4) is 0 Å². The van der Waals surface area contributed by atoms with Crippen molar-refractivity contribution in [1.82, 2.24) is 9.55 Å². The van der Waals surface area contributed by atoms with Crippen LogP contribution in [-0.2, 0) is 7.05 Å². The Bertz CT molecular complexity index is 930. The Hall–Kier alpha value is -3.02. The summed E-state index contributed by atoms with van der Waals surface area (Å²) in [5, 5.41) is 2.89. The number of rotatable bonds is 2. The van der Waals surface area contributed by atoms with Gasteiger partial charge in [-0.05, 0) is 43.3 Å². The monoisotopic (exact) mass is 309 g/mol. The second-order valence-electron chi connectivity index (χ2n) is 5.44. The van der Waals surface area contributed by atoms with Crippen LogP contribution in [0.1, 0.15) is 16.2 Å². The Morgan fingerprint density at radius 2 is 2.00 bits per heavy atom. The molecule has 0 spiro atoms. The molecule has 0 bridgehead atoms. The number of amides is 1. The summed E-state index contributed by atoms with van der Waals surface area (Å²) >= 11 is 0. The van der Waals surface area contributed by atoms with Gasteiger partial charge in [0.25, 0.3) is 5.91 Å². The van der Waals surface area contributed by atoms with Gasteiger partial charge in [0.2, 0.25) is 6.79 Å². The molecule has 6 heteroatoms. The summed E-state index contributed by atoms with van der Waals surface area (Å²) < 4.78 is 12.6. The summed E-state index contributed by atoms with van der Waals surface area (Å²) in [6.45, 7) is 2.14. The molecule has 0 saturated heterocycles. The van der Waals surface area contributed by atoms with E-state index >= 15 is 0 Å². The number of ether oxygens (including phenoxy) is 2. The fraction of sp³-hybridized carbons (Fsp3) is 0.176. The molecular formula is C17H15N3O3. The largest absolute Gasteiger partial charge is 0.454 e. The molecule has 0 saturated carbocycles. The van der Waals surface area contributed by atoms with Crippen LogP contribution < -0.4 is 14.8 Å². The molecule has 0 unspecified atom stereocenters. The Labute approximate surface area is 132 Å². The summed E-state index contributed by atoms with van der Waals surface area (Å²) in [6.07, 6.45) is 0. The number of carbonyl (C=O) groups excluding carboxylic acids is 1. The minimum absolute atomic E-state index is 0.191. The minimum Gasteiger partial charge on any atom is -0.454 e. The van der Waals surface area contributed by atoms with E-state index in [-0.39, 0.29) is 12.7 Å². The molecule has 1 aliphatic heterocycles. The summed E-state index contributed by atoms with van der Waals surface area (Å²) in [7, 11) is 1.97. The molecule has 3 aromatic rings. The molecule has 116 valence electrons. The zero-order chi connectivity index (χ0) is 16.0. The van der Waals surface area contributed by atoms with Gasteiger partial charge in [0, 0.05) is 18.3 Å². The fourth-order valence-corrected chi connectivity index (χ4v) is 2.64. The van der Waals surface area contributed by atoms with Gasteiger partial charge in [-0.3, -0.25) is 4.79 Å². The lowest BCUT2D eigenvalue weighted by Crippen LogP contribution is -2.11. The number of hydrogen-bond acceptors (Lipinski definition) is 4. The second-order valence-corrected chi connectivity index (χ2v) is 5.44. The summed E-state index contributed by atoms with van der Waals surface area (Å²) in [5.74, 6) is 1.98. The average molecular weight is 309 g/mol. The number of hydrogen-bond donors (Lipinski definition) is 1. The number of anilines is 1. The van der Waals surface area contributed by atoms with Crippen LogP contribution in [-0.4, -0.2) is 22.3 Å². The number of nitrogens with one attached hydrogen (secondary N) is 1. The van der Waals surface area contributed by atoms with Gasteiger partial charge in [-0.2, -0.15) is 0 Å². The first-order valence-electron chi connectivity index (χ1n) is 7.26. The fourth-order valence-electron chi connectivity index (χ4n) is 2.64. The summed E-state index contributed by atoms with van der Waals surface area (Å²) in [5.41, 5.74) is 3.11. The molecule has 4 rings (SSSR count). The van der Waals surface area contributed by atoms with E-state index in [4.69, 9.17) is 9.47 Å². The van der Waals surface area contributed by atoms with Gasteiger partial charge < -0.3 is 19.4 Å². The molecular weight excluding hydrogens is 294 g/mol. The molecule has 23 heavy (non-hydrogen) atoms. The highest BCUT2D eigenvalue weighted by molar-refractivity contribution is 6.05. The van der Waals surface area contributed by atoms with E-state index in [2.05, 4.69) is 10.3 Å². The van der Waals surface area contributed by atoms with Crippen molar-refractivity contribution in [2.24, 2.45) is 7.05 Å². The molecule has 1 aliphatic rings. The van der Waals surface area contributed by atoms with Crippen LogP contribution in [0.5, 0.6) is 11.5 Å². The van der Waals surface area contributed by atoms with Crippen LogP contribution in [0, 0.1) is 6.92 Å². The molecule has 2 aromatic carbocycles. The molecule has 1 aromatic heterocycles. The van der Waals surface area contributed by atoms with Gasteiger partial charge >= 0.3 is 0 Å². The number of carbonyl (C=O) groups is 1. The van der Waals surface area contributed by atoms with Gasteiger partial charge in [-0.1, -0.05) is 0 Å². The Morgan fingerprint density at radius 3 is 2.87 bits per heavy atom. The Morgan fingerprint density at radius 1 is 1.17 bits per heavy atom. The van der Waals surface area contributed by atoms with Crippen molar-refractivity contribution in [2.45, 2.75) is 6.92 Å². The van der Waals surface area contributed by atoms with Crippen molar-refractivity contribution in [3.05, 3.63) is 47.8 Å². The maximum atomic E-state index is 12.4. The highest BCUT2D eigenvalue weighted by Gasteiger charge is 2.16. The molecule has 6 nitrogen and oxygen atoms in total. The minimum atomic E-state index is -0.199. The quantitative estimate of drug-likeness (QED) is 0.790. The number of imidazole rings is 1. The number of aryl methyl sites for hydroxylation is 2. The first-order chi connectivity index (χ1) is 11.1. The molecule has 1 N–H and O–H groups in total. The molecule has 0 atom stereocenters. The summed E-state index contributed by atoms with van der Waals surface area (Å²) in [6, 6.07) is 10.8. The van der Waals surface area contributed by atoms with Crippen LogP contribution in [0.15, 0.2) is 36.4 Å². The van der Waals surface area contributed by atoms with Gasteiger partial charge in [0.15, 0.2) is 11.5 Å². The normalized spacial score (nSPS) is 12.6. The van der Waals surface area contributed by atoms with Crippen molar-refractivity contribution in [3.63, 3.8) is 0 Å². The number of fused-ring (bicyclic) bond motifs is 2. The van der Waals surface area contributed by atoms with Crippen molar-refractivity contribution >= 4 is 22.6 Å². The number of aromatic nitrogens is 2. The van der Waals surface area contributed by atoms with E-state index in [0.29, 0.717) is 22.7 Å². The average Bonchev–Trinajstić information content (AvgIpc) is 3.11. The Kier molecular flexibility index (Phi) is 2.97. The van der Waals surface area contributed by atoms with Crippen molar-refractivity contribution in [1.29, 1.82) is 0 Å². The van der Waals surface area contributed by atoms with E-state index in [0.717, 1.165) is 16.9 Å². The molecule has 0 fully saturated rings. The standard InChI is InChI=1S/C17H15N3O3/c1-10-18-13-8-12(4-5-14(13)20(10)2)19-17(21)11-3-6-15-16(7-11)23-9-22-15/h3-8H,9H2,1-2H3,(H,19,21). The zero-order valence-electron chi connectivity index (χ0n) is 12.8. The second kappa shape index (κ2) is 5.01. The predicted molar refractivity (Wildman–Crippen MR) is 86.0 cm³/mol. The molecule has 1 amide bonds. The van der Waals surface area contributed by atoms with Crippen molar-refractivity contribution < 1.29 is 14.3 Å². The SMILES string of the molecule is Cc1nc2cc(NC(=O)c3ccc4c(c3)OCO4)ccc2n1C. The van der Waals surface area contributed by atoms with Gasteiger partial charge in [0.05, 0.1) is 11.0 Å². The maximum Gasteiger partial charge on any atom is 0.255 e. The van der Waals surface area contributed by atoms with Crippen molar-refractivity contribution in [2.75, 3.05) is 12.1 Å². The highest BCUT2D eigenvalue weighted by atomic mass is 16.7. The first kappa shape index (κ1) is 13.6. The number of nitrogens with zero attached hydrogens (tertiary/aromatic N) is 2. The van der Waals surface area contributed by atoms with Gasteiger partial charge in [-0.25, -0.2) is 4.98 Å². The maximum absolute atomic E-state index is 12.4. The first-order valence-corrected chi connectivity index (χ1v) is 7.26. The van der Waals surface area contributed by atoms with E-state index < -0.39 is 0 Å². The third-order valence-corrected chi connectivity index (χ3v) is 4.00.